The Morgan fingerprint density at radius 3 is 2.62 bits per heavy atom. The Kier molecular flexibility index (Phi) is 3.50. The van der Waals surface area contributed by atoms with Gasteiger partial charge in [-0.2, -0.15) is 0 Å². The summed E-state index contributed by atoms with van der Waals surface area (Å²) in [6.45, 7) is 1.60. The maximum absolute atomic E-state index is 11.2. The number of aromatic nitrogens is 1. The molecular formula is C10H13N3OS2. The lowest BCUT2D eigenvalue weighted by Crippen LogP contribution is -2.38. The first-order valence-corrected chi connectivity index (χ1v) is 6.92. The third-order valence-electron chi connectivity index (χ3n) is 2.53. The normalized spacial score (nSPS) is 17.4. The summed E-state index contributed by atoms with van der Waals surface area (Å²) >= 11 is 4.86. The highest BCUT2D eigenvalue weighted by Gasteiger charge is 2.16. The van der Waals surface area contributed by atoms with Crippen molar-refractivity contribution in [3.63, 3.8) is 0 Å². The molecule has 1 saturated heterocycles. The van der Waals surface area contributed by atoms with Crippen LogP contribution >= 0.6 is 12.2 Å². The minimum atomic E-state index is -0.657. The molecule has 1 aromatic rings. The van der Waals surface area contributed by atoms with E-state index in [1.807, 2.05) is 12.1 Å². The topological polar surface area (TPSA) is 59.2 Å². The first kappa shape index (κ1) is 11.5. The molecule has 0 aromatic carbocycles. The lowest BCUT2D eigenvalue weighted by Gasteiger charge is -2.27. The fourth-order valence-corrected chi connectivity index (χ4v) is 2.76. The van der Waals surface area contributed by atoms with E-state index in [9.17, 15) is 4.21 Å². The van der Waals surface area contributed by atoms with Gasteiger partial charge in [-0.05, 0) is 12.1 Å². The summed E-state index contributed by atoms with van der Waals surface area (Å²) in [6, 6.07) is 3.78. The number of hydrogen-bond donors (Lipinski definition) is 1. The Hall–Kier alpha value is -1.01. The van der Waals surface area contributed by atoms with Gasteiger partial charge in [-0.25, -0.2) is 4.98 Å². The average molecular weight is 255 g/mol. The molecule has 1 aromatic heterocycles. The van der Waals surface area contributed by atoms with Gasteiger partial charge in [-0.3, -0.25) is 4.21 Å². The van der Waals surface area contributed by atoms with E-state index in [-0.39, 0.29) is 0 Å². The van der Waals surface area contributed by atoms with E-state index in [4.69, 9.17) is 18.0 Å². The molecule has 0 amide bonds. The first-order chi connectivity index (χ1) is 7.66. The largest absolute Gasteiger partial charge is 0.389 e. The number of nitrogens with zero attached hydrogens (tertiary/aromatic N) is 2. The summed E-state index contributed by atoms with van der Waals surface area (Å²) < 4.78 is 11.2. The van der Waals surface area contributed by atoms with Crippen LogP contribution in [-0.2, 0) is 10.8 Å². The van der Waals surface area contributed by atoms with Gasteiger partial charge in [-0.15, -0.1) is 0 Å². The van der Waals surface area contributed by atoms with Gasteiger partial charge < -0.3 is 10.6 Å². The van der Waals surface area contributed by atoms with Crippen LogP contribution < -0.4 is 10.6 Å². The van der Waals surface area contributed by atoms with Gasteiger partial charge in [0.2, 0.25) is 0 Å². The van der Waals surface area contributed by atoms with Gasteiger partial charge in [0.1, 0.15) is 10.8 Å². The smallest absolute Gasteiger partial charge is 0.128 e. The van der Waals surface area contributed by atoms with E-state index in [1.54, 1.807) is 6.20 Å². The summed E-state index contributed by atoms with van der Waals surface area (Å²) in [4.78, 5) is 6.80. The summed E-state index contributed by atoms with van der Waals surface area (Å²) in [7, 11) is -0.657. The summed E-state index contributed by atoms with van der Waals surface area (Å²) in [5.74, 6) is 2.34. The van der Waals surface area contributed by atoms with Crippen molar-refractivity contribution in [1.29, 1.82) is 0 Å². The zero-order valence-electron chi connectivity index (χ0n) is 8.76. The standard InChI is InChI=1S/C10H13N3OS2/c11-10(15)8-1-2-9(12-7-8)13-3-5-16(14)6-4-13/h1-2,7H,3-6H2,(H2,11,15). The Balaban J connectivity index is 2.10. The Morgan fingerprint density at radius 2 is 2.12 bits per heavy atom. The summed E-state index contributed by atoms with van der Waals surface area (Å²) in [5, 5.41) is 0. The average Bonchev–Trinajstić information content (AvgIpc) is 2.30. The van der Waals surface area contributed by atoms with Crippen molar-refractivity contribution in [2.24, 2.45) is 5.73 Å². The van der Waals surface area contributed by atoms with Crippen molar-refractivity contribution in [3.05, 3.63) is 23.9 Å². The number of rotatable bonds is 2. The van der Waals surface area contributed by atoms with Crippen LogP contribution in [0.2, 0.25) is 0 Å². The quantitative estimate of drug-likeness (QED) is 0.770. The second-order valence-corrected chi connectivity index (χ2v) is 5.74. The lowest BCUT2D eigenvalue weighted by molar-refractivity contribution is 0.672. The number of nitrogens with two attached hydrogens (primary N) is 1. The van der Waals surface area contributed by atoms with Crippen LogP contribution in [0.1, 0.15) is 5.56 Å². The van der Waals surface area contributed by atoms with Crippen molar-refractivity contribution in [3.8, 4) is 0 Å². The predicted molar refractivity (Wildman–Crippen MR) is 70.2 cm³/mol. The molecule has 2 rings (SSSR count). The van der Waals surface area contributed by atoms with Crippen molar-refractivity contribution in [1.82, 2.24) is 4.98 Å². The maximum atomic E-state index is 11.2. The van der Waals surface area contributed by atoms with Gasteiger partial charge in [0.25, 0.3) is 0 Å². The van der Waals surface area contributed by atoms with Crippen molar-refractivity contribution in [2.45, 2.75) is 0 Å². The highest BCUT2D eigenvalue weighted by Crippen LogP contribution is 2.13. The molecule has 16 heavy (non-hydrogen) atoms. The van der Waals surface area contributed by atoms with Gasteiger partial charge in [0.15, 0.2) is 0 Å². The molecule has 0 bridgehead atoms. The molecule has 0 aliphatic carbocycles. The Labute approximate surface area is 102 Å². The van der Waals surface area contributed by atoms with E-state index in [1.165, 1.54) is 0 Å². The molecule has 6 heteroatoms. The lowest BCUT2D eigenvalue weighted by atomic mass is 10.3. The number of anilines is 1. The molecular weight excluding hydrogens is 242 g/mol. The van der Waals surface area contributed by atoms with E-state index in [0.717, 1.165) is 36.0 Å². The number of hydrogen-bond acceptors (Lipinski definition) is 4. The molecule has 1 aliphatic heterocycles. The first-order valence-electron chi connectivity index (χ1n) is 5.02. The van der Waals surface area contributed by atoms with Crippen LogP contribution in [0.5, 0.6) is 0 Å². The molecule has 0 radical (unpaired) electrons. The van der Waals surface area contributed by atoms with Gasteiger partial charge in [0.05, 0.1) is 0 Å². The molecule has 0 atom stereocenters. The van der Waals surface area contributed by atoms with Crippen molar-refractivity contribution in [2.75, 3.05) is 29.5 Å². The molecule has 4 nitrogen and oxygen atoms in total. The highest BCUT2D eigenvalue weighted by molar-refractivity contribution is 7.85. The third-order valence-corrected chi connectivity index (χ3v) is 4.05. The highest BCUT2D eigenvalue weighted by atomic mass is 32.2. The van der Waals surface area contributed by atoms with E-state index in [2.05, 4.69) is 9.88 Å². The summed E-state index contributed by atoms with van der Waals surface area (Å²) in [5.41, 5.74) is 6.28. The van der Waals surface area contributed by atoms with Crippen LogP contribution in [0.4, 0.5) is 5.82 Å². The van der Waals surface area contributed by atoms with Gasteiger partial charge in [0, 0.05) is 47.2 Å². The van der Waals surface area contributed by atoms with Crippen LogP contribution in [0.3, 0.4) is 0 Å². The molecule has 0 saturated carbocycles. The molecule has 2 heterocycles. The zero-order valence-corrected chi connectivity index (χ0v) is 10.4. The predicted octanol–water partition coefficient (Wildman–Crippen LogP) is 0.284. The second-order valence-electron chi connectivity index (χ2n) is 3.60. The maximum Gasteiger partial charge on any atom is 0.128 e. The fourth-order valence-electron chi connectivity index (χ4n) is 1.59. The van der Waals surface area contributed by atoms with Crippen LogP contribution in [-0.4, -0.2) is 38.8 Å². The number of thiocarbonyl (C=S) groups is 1. The molecule has 1 fully saturated rings. The molecule has 0 unspecified atom stereocenters. The monoisotopic (exact) mass is 255 g/mol. The third kappa shape index (κ3) is 2.56. The van der Waals surface area contributed by atoms with E-state index < -0.39 is 10.8 Å². The summed E-state index contributed by atoms with van der Waals surface area (Å²) in [6.07, 6.45) is 1.68. The van der Waals surface area contributed by atoms with Crippen molar-refractivity contribution < 1.29 is 4.21 Å². The Morgan fingerprint density at radius 1 is 1.44 bits per heavy atom. The van der Waals surface area contributed by atoms with E-state index in [0.29, 0.717) is 4.99 Å². The fraction of sp³-hybridized carbons (Fsp3) is 0.400. The molecule has 86 valence electrons. The van der Waals surface area contributed by atoms with Crippen LogP contribution in [0, 0.1) is 0 Å². The van der Waals surface area contributed by atoms with E-state index >= 15 is 0 Å². The molecule has 2 N–H and O–H groups in total. The van der Waals surface area contributed by atoms with Gasteiger partial charge >= 0.3 is 0 Å². The van der Waals surface area contributed by atoms with Crippen LogP contribution in [0.25, 0.3) is 0 Å². The SMILES string of the molecule is NC(=S)c1ccc(N2CCS(=O)CC2)nc1. The number of pyridine rings is 1. The second kappa shape index (κ2) is 4.88. The Bertz CT molecular complexity index is 409. The van der Waals surface area contributed by atoms with Crippen molar-refractivity contribution >= 4 is 33.8 Å². The molecule has 1 aliphatic rings. The van der Waals surface area contributed by atoms with Crippen LogP contribution in [0.15, 0.2) is 18.3 Å². The minimum absolute atomic E-state index is 0.360. The molecule has 0 spiro atoms. The zero-order chi connectivity index (χ0) is 11.5. The minimum Gasteiger partial charge on any atom is -0.389 e. The van der Waals surface area contributed by atoms with Gasteiger partial charge in [-0.1, -0.05) is 12.2 Å².